The molecule has 2 aliphatic heterocycles. The van der Waals surface area contributed by atoms with Gasteiger partial charge < -0.3 is 20.0 Å². The summed E-state index contributed by atoms with van der Waals surface area (Å²) in [5.41, 5.74) is 4.26. The van der Waals surface area contributed by atoms with Crippen molar-refractivity contribution in [3.05, 3.63) is 24.3 Å². The Hall–Kier alpha value is -2.19. The summed E-state index contributed by atoms with van der Waals surface area (Å²) in [6, 6.07) is 7.74. The Bertz CT molecular complexity index is 625. The molecule has 0 unspecified atom stereocenters. The summed E-state index contributed by atoms with van der Waals surface area (Å²) >= 11 is 5.16. The van der Waals surface area contributed by atoms with Crippen LogP contribution in [0.1, 0.15) is 6.92 Å². The van der Waals surface area contributed by atoms with E-state index >= 15 is 0 Å². The van der Waals surface area contributed by atoms with E-state index in [1.807, 2.05) is 36.1 Å². The highest BCUT2D eigenvalue weighted by atomic mass is 32.1. The van der Waals surface area contributed by atoms with E-state index in [-0.39, 0.29) is 0 Å². The number of hydrogen-bond acceptors (Lipinski definition) is 6. The van der Waals surface area contributed by atoms with Crippen LogP contribution in [0.4, 0.5) is 5.95 Å². The number of fused-ring (bicyclic) bond motifs is 1. The molecule has 0 aromatic carbocycles. The maximum absolute atomic E-state index is 5.50. The summed E-state index contributed by atoms with van der Waals surface area (Å²) in [7, 11) is 0. The monoisotopic (exact) mass is 332 g/mol. The topological polar surface area (TPSA) is 79.5 Å². The van der Waals surface area contributed by atoms with Crippen molar-refractivity contribution < 1.29 is 4.74 Å². The Morgan fingerprint density at radius 3 is 2.30 bits per heavy atom. The van der Waals surface area contributed by atoms with Crippen LogP contribution in [-0.2, 0) is 0 Å². The number of anilines is 1. The standard InChI is InChI=1S/C15H20N6OS/c1-2-22-11-3-5-12-13(6-4-11)18-14(17-12)20-7-9-21(10-8-20)15(23)19-16/h3-6H,2,7-10,16H2,1H3,(H,19,23). The first-order valence-electron chi connectivity index (χ1n) is 7.62. The zero-order valence-electron chi connectivity index (χ0n) is 13.0. The van der Waals surface area contributed by atoms with Crippen LogP contribution in [0.3, 0.4) is 0 Å². The highest BCUT2D eigenvalue weighted by molar-refractivity contribution is 7.80. The van der Waals surface area contributed by atoms with E-state index in [2.05, 4.69) is 20.3 Å². The van der Waals surface area contributed by atoms with Crippen LogP contribution in [0.25, 0.3) is 11.4 Å². The second-order valence-corrected chi connectivity index (χ2v) is 5.61. The van der Waals surface area contributed by atoms with Gasteiger partial charge in [-0.2, -0.15) is 0 Å². The molecule has 23 heavy (non-hydrogen) atoms. The summed E-state index contributed by atoms with van der Waals surface area (Å²) in [5, 5.41) is 0.578. The second kappa shape index (κ2) is 6.93. The molecule has 3 aliphatic rings. The highest BCUT2D eigenvalue weighted by Gasteiger charge is 2.22. The van der Waals surface area contributed by atoms with Gasteiger partial charge in [-0.25, -0.2) is 15.8 Å². The number of piperazine rings is 1. The van der Waals surface area contributed by atoms with E-state index in [4.69, 9.17) is 22.8 Å². The van der Waals surface area contributed by atoms with Gasteiger partial charge in [-0.05, 0) is 43.4 Å². The molecule has 0 saturated carbocycles. The van der Waals surface area contributed by atoms with Crippen LogP contribution in [0.5, 0.6) is 5.75 Å². The predicted octanol–water partition coefficient (Wildman–Crippen LogP) is 0.850. The molecule has 0 spiro atoms. The molecule has 7 nitrogen and oxygen atoms in total. The third-order valence-electron chi connectivity index (χ3n) is 3.80. The maximum atomic E-state index is 5.50. The molecule has 1 fully saturated rings. The minimum Gasteiger partial charge on any atom is -0.494 e. The number of hydrazine groups is 1. The summed E-state index contributed by atoms with van der Waals surface area (Å²) in [5.74, 6) is 6.95. The molecule has 3 rings (SSSR count). The molecule has 3 N–H and O–H groups in total. The Morgan fingerprint density at radius 2 is 1.78 bits per heavy atom. The lowest BCUT2D eigenvalue weighted by atomic mass is 10.3. The molecule has 0 amide bonds. The van der Waals surface area contributed by atoms with Crippen molar-refractivity contribution in [2.45, 2.75) is 6.92 Å². The van der Waals surface area contributed by atoms with Crippen molar-refractivity contribution in [3.63, 3.8) is 0 Å². The van der Waals surface area contributed by atoms with Crippen molar-refractivity contribution in [1.29, 1.82) is 0 Å². The molecular weight excluding hydrogens is 312 g/mol. The maximum Gasteiger partial charge on any atom is 0.226 e. The first-order valence-corrected chi connectivity index (χ1v) is 8.03. The van der Waals surface area contributed by atoms with Gasteiger partial charge in [-0.15, -0.1) is 0 Å². The number of rotatable bonds is 3. The van der Waals surface area contributed by atoms with E-state index < -0.39 is 0 Å². The Balaban J connectivity index is 1.73. The molecule has 0 aromatic rings. The average molecular weight is 332 g/mol. The minimum absolute atomic E-state index is 0.578. The van der Waals surface area contributed by atoms with Gasteiger partial charge in [0.15, 0.2) is 5.11 Å². The molecule has 0 bridgehead atoms. The van der Waals surface area contributed by atoms with Crippen LogP contribution in [0.15, 0.2) is 24.3 Å². The minimum atomic E-state index is 0.578. The zero-order valence-corrected chi connectivity index (χ0v) is 13.8. The molecule has 122 valence electrons. The van der Waals surface area contributed by atoms with E-state index in [1.54, 1.807) is 0 Å². The molecule has 2 heterocycles. The molecule has 0 atom stereocenters. The summed E-state index contributed by atoms with van der Waals surface area (Å²) in [6.45, 7) is 5.84. The normalized spacial score (nSPS) is 14.9. The van der Waals surface area contributed by atoms with Crippen molar-refractivity contribution >= 4 is 23.3 Å². The summed E-state index contributed by atoms with van der Waals surface area (Å²) < 4.78 is 5.50. The third kappa shape index (κ3) is 3.43. The number of nitrogens with two attached hydrogens (primary N) is 1. The quantitative estimate of drug-likeness (QED) is 0.486. The Morgan fingerprint density at radius 1 is 1.17 bits per heavy atom. The van der Waals surface area contributed by atoms with Gasteiger partial charge in [-0.1, -0.05) is 0 Å². The average Bonchev–Trinajstić information content (AvgIpc) is 2.91. The van der Waals surface area contributed by atoms with Gasteiger partial charge in [0, 0.05) is 26.2 Å². The Labute approximate surface area is 140 Å². The number of aromatic nitrogens is 2. The zero-order chi connectivity index (χ0) is 16.2. The number of thiocarbonyl (C=S) groups is 1. The van der Waals surface area contributed by atoms with Gasteiger partial charge in [-0.3, -0.25) is 0 Å². The SMILES string of the molecule is CCOc1ccc2nc(N3CCN(C(=S)NN)CC3)nc-2cc1. The van der Waals surface area contributed by atoms with E-state index in [9.17, 15) is 0 Å². The fourth-order valence-electron chi connectivity index (χ4n) is 2.58. The van der Waals surface area contributed by atoms with Crippen LogP contribution >= 0.6 is 12.2 Å². The van der Waals surface area contributed by atoms with Crippen LogP contribution in [0, 0.1) is 0 Å². The number of imidazole rings is 1. The van der Waals surface area contributed by atoms with Gasteiger partial charge in [0.25, 0.3) is 0 Å². The van der Waals surface area contributed by atoms with E-state index in [1.165, 1.54) is 0 Å². The summed E-state index contributed by atoms with van der Waals surface area (Å²) in [4.78, 5) is 13.5. The van der Waals surface area contributed by atoms with Crippen molar-refractivity contribution in [3.8, 4) is 17.1 Å². The molecule has 1 saturated heterocycles. The molecule has 0 radical (unpaired) electrons. The smallest absolute Gasteiger partial charge is 0.226 e. The lowest BCUT2D eigenvalue weighted by molar-refractivity contribution is 0.340. The molecule has 8 heteroatoms. The van der Waals surface area contributed by atoms with Crippen LogP contribution in [0.2, 0.25) is 0 Å². The fraction of sp³-hybridized carbons (Fsp3) is 0.400. The lowest BCUT2D eigenvalue weighted by Gasteiger charge is -2.35. The second-order valence-electron chi connectivity index (χ2n) is 5.22. The van der Waals surface area contributed by atoms with Gasteiger partial charge >= 0.3 is 0 Å². The third-order valence-corrected chi connectivity index (χ3v) is 4.17. The number of hydrogen-bond donors (Lipinski definition) is 2. The number of nitrogens with one attached hydrogen (secondary N) is 1. The van der Waals surface area contributed by atoms with Gasteiger partial charge in [0.1, 0.15) is 5.75 Å². The molecule has 1 aliphatic carbocycles. The molecule has 0 aromatic heterocycles. The van der Waals surface area contributed by atoms with Gasteiger partial charge in [0.05, 0.1) is 18.0 Å². The lowest BCUT2D eigenvalue weighted by Crippen LogP contribution is -2.53. The predicted molar refractivity (Wildman–Crippen MR) is 93.5 cm³/mol. The molecular formula is C15H20N6OS. The summed E-state index contributed by atoms with van der Waals surface area (Å²) in [6.07, 6.45) is 0. The first kappa shape index (κ1) is 15.7. The Kier molecular flexibility index (Phi) is 4.73. The number of ether oxygens (including phenoxy) is 1. The van der Waals surface area contributed by atoms with E-state index in [0.717, 1.165) is 49.3 Å². The fourth-order valence-corrected chi connectivity index (χ4v) is 2.77. The van der Waals surface area contributed by atoms with Crippen molar-refractivity contribution in [2.24, 2.45) is 5.84 Å². The van der Waals surface area contributed by atoms with Crippen molar-refractivity contribution in [1.82, 2.24) is 20.3 Å². The van der Waals surface area contributed by atoms with Crippen LogP contribution in [-0.4, -0.2) is 52.8 Å². The number of nitrogens with zero attached hydrogens (tertiary/aromatic N) is 4. The largest absolute Gasteiger partial charge is 0.494 e. The van der Waals surface area contributed by atoms with Gasteiger partial charge in [0.2, 0.25) is 5.95 Å². The van der Waals surface area contributed by atoms with Crippen LogP contribution < -0.4 is 20.9 Å². The highest BCUT2D eigenvalue weighted by Crippen LogP contribution is 2.25. The van der Waals surface area contributed by atoms with Crippen molar-refractivity contribution in [2.75, 3.05) is 37.7 Å². The van der Waals surface area contributed by atoms with E-state index in [0.29, 0.717) is 11.7 Å². The first-order chi connectivity index (χ1) is 11.2.